The Hall–Kier alpha value is -0.980. The van der Waals surface area contributed by atoms with Crippen molar-refractivity contribution in [3.05, 3.63) is 20.8 Å². The molecule has 1 aliphatic carbocycles. The maximum atomic E-state index is 12.3. The first-order valence-corrected chi connectivity index (χ1v) is 7.35. The van der Waals surface area contributed by atoms with Crippen molar-refractivity contribution in [2.24, 2.45) is 11.8 Å². The predicted molar refractivity (Wildman–Crippen MR) is 77.6 cm³/mol. The molecule has 0 N–H and O–H groups in total. The third kappa shape index (κ3) is 1.32. The van der Waals surface area contributed by atoms with E-state index in [0.29, 0.717) is 9.15 Å². The fourth-order valence-electron chi connectivity index (χ4n) is 3.78. The predicted octanol–water partition coefficient (Wildman–Crippen LogP) is 1.64. The summed E-state index contributed by atoms with van der Waals surface area (Å²) in [5.41, 5.74) is 0.886. The number of halogens is 1. The zero-order valence-corrected chi connectivity index (χ0v) is 13.1. The standard InChI is InChI=1S/C14H14INO3/c1-6-4-14-8(3)11(15)13(19)16(14)5-9(17)10(14)7(2)12(6)18/h4,7,10H,5H2,1-3H3/t7-,10+,14-/m1/s1. The SMILES string of the molecule is CC1=C[C@]23C(C)=C(I)C(=O)N2CC(=O)[C@@H]3[C@@H](C)C1=O. The van der Waals surface area contributed by atoms with Gasteiger partial charge in [0, 0.05) is 5.92 Å². The molecular formula is C14H14INO3. The molecule has 1 spiro atoms. The van der Waals surface area contributed by atoms with Gasteiger partial charge in [0.1, 0.15) is 0 Å². The summed E-state index contributed by atoms with van der Waals surface area (Å²) in [5, 5.41) is 0. The number of rotatable bonds is 0. The molecule has 5 heteroatoms. The van der Waals surface area contributed by atoms with E-state index in [0.717, 1.165) is 5.57 Å². The van der Waals surface area contributed by atoms with Crippen molar-refractivity contribution >= 4 is 40.1 Å². The smallest absolute Gasteiger partial charge is 0.261 e. The number of Topliss-reactive ketones (excluding diaryl/α,β-unsaturated/α-hetero) is 2. The molecule has 0 aromatic rings. The Bertz CT molecular complexity index is 604. The van der Waals surface area contributed by atoms with E-state index in [1.165, 1.54) is 0 Å². The highest BCUT2D eigenvalue weighted by Crippen LogP contribution is 2.53. The normalized spacial score (nSPS) is 37.8. The zero-order valence-electron chi connectivity index (χ0n) is 11.0. The van der Waals surface area contributed by atoms with Crippen molar-refractivity contribution in [3.63, 3.8) is 0 Å². The van der Waals surface area contributed by atoms with Crippen LogP contribution in [0, 0.1) is 11.8 Å². The lowest BCUT2D eigenvalue weighted by Gasteiger charge is -2.40. The molecule has 0 unspecified atom stereocenters. The lowest BCUT2D eigenvalue weighted by Crippen LogP contribution is -2.51. The van der Waals surface area contributed by atoms with Gasteiger partial charge < -0.3 is 4.90 Å². The number of nitrogens with zero attached hydrogens (tertiary/aromatic N) is 1. The van der Waals surface area contributed by atoms with Gasteiger partial charge in [-0.25, -0.2) is 0 Å². The number of amides is 1. The molecule has 0 saturated carbocycles. The van der Waals surface area contributed by atoms with Crippen LogP contribution in [-0.4, -0.2) is 34.5 Å². The molecule has 0 radical (unpaired) electrons. The number of carbonyl (C=O) groups excluding carboxylic acids is 3. The molecule has 2 heterocycles. The van der Waals surface area contributed by atoms with Gasteiger partial charge in [-0.2, -0.15) is 0 Å². The van der Waals surface area contributed by atoms with Gasteiger partial charge in [0.2, 0.25) is 0 Å². The van der Waals surface area contributed by atoms with Gasteiger partial charge in [0.25, 0.3) is 5.91 Å². The van der Waals surface area contributed by atoms with Gasteiger partial charge in [0.05, 0.1) is 21.6 Å². The molecule has 0 bridgehead atoms. The van der Waals surface area contributed by atoms with Crippen LogP contribution in [0.15, 0.2) is 20.8 Å². The van der Waals surface area contributed by atoms with Crippen molar-refractivity contribution in [2.45, 2.75) is 26.3 Å². The molecular weight excluding hydrogens is 357 g/mol. The second-order valence-electron chi connectivity index (χ2n) is 5.58. The molecule has 3 rings (SSSR count). The number of ketones is 2. The first-order valence-electron chi connectivity index (χ1n) is 6.27. The van der Waals surface area contributed by atoms with E-state index in [1.807, 2.05) is 35.6 Å². The monoisotopic (exact) mass is 371 g/mol. The second-order valence-corrected chi connectivity index (χ2v) is 6.66. The number of hydrogen-bond donors (Lipinski definition) is 0. The average Bonchev–Trinajstić information content (AvgIpc) is 2.74. The largest absolute Gasteiger partial charge is 0.317 e. The van der Waals surface area contributed by atoms with Gasteiger partial charge in [-0.3, -0.25) is 14.4 Å². The summed E-state index contributed by atoms with van der Waals surface area (Å²) >= 11 is 2.04. The summed E-state index contributed by atoms with van der Waals surface area (Å²) in [5.74, 6) is -0.832. The molecule has 19 heavy (non-hydrogen) atoms. The molecule has 0 aromatic carbocycles. The van der Waals surface area contributed by atoms with Crippen molar-refractivity contribution in [3.8, 4) is 0 Å². The number of hydrogen-bond acceptors (Lipinski definition) is 3. The van der Waals surface area contributed by atoms with Crippen molar-refractivity contribution in [2.75, 3.05) is 6.54 Å². The molecule has 1 fully saturated rings. The summed E-state index contributed by atoms with van der Waals surface area (Å²) in [7, 11) is 0. The lowest BCUT2D eigenvalue weighted by atomic mass is 9.66. The highest BCUT2D eigenvalue weighted by molar-refractivity contribution is 14.1. The van der Waals surface area contributed by atoms with Crippen LogP contribution in [0.2, 0.25) is 0 Å². The lowest BCUT2D eigenvalue weighted by molar-refractivity contribution is -0.129. The van der Waals surface area contributed by atoms with Gasteiger partial charge >= 0.3 is 0 Å². The summed E-state index contributed by atoms with van der Waals surface area (Å²) in [6.45, 7) is 5.59. The van der Waals surface area contributed by atoms with Crippen molar-refractivity contribution < 1.29 is 14.4 Å². The maximum absolute atomic E-state index is 12.3. The Morgan fingerprint density at radius 1 is 1.32 bits per heavy atom. The molecule has 3 aliphatic rings. The molecule has 2 aliphatic heterocycles. The Labute approximate surface area is 125 Å². The summed E-state index contributed by atoms with van der Waals surface area (Å²) < 4.78 is 0.681. The van der Waals surface area contributed by atoms with E-state index in [1.54, 1.807) is 18.7 Å². The topological polar surface area (TPSA) is 54.5 Å². The molecule has 1 saturated heterocycles. The van der Waals surface area contributed by atoms with Gasteiger partial charge in [-0.1, -0.05) is 6.92 Å². The molecule has 1 amide bonds. The van der Waals surface area contributed by atoms with Crippen LogP contribution in [0.5, 0.6) is 0 Å². The van der Waals surface area contributed by atoms with E-state index < -0.39 is 11.5 Å². The summed E-state index contributed by atoms with van der Waals surface area (Å²) in [6, 6.07) is 0. The summed E-state index contributed by atoms with van der Waals surface area (Å²) in [6.07, 6.45) is 1.84. The molecule has 3 atom stereocenters. The first kappa shape index (κ1) is 13.0. The second kappa shape index (κ2) is 3.77. The van der Waals surface area contributed by atoms with E-state index in [4.69, 9.17) is 0 Å². The third-order valence-corrected chi connectivity index (χ3v) is 5.95. The van der Waals surface area contributed by atoms with Gasteiger partial charge in [-0.15, -0.1) is 0 Å². The highest BCUT2D eigenvalue weighted by Gasteiger charge is 2.63. The van der Waals surface area contributed by atoms with Crippen LogP contribution in [0.1, 0.15) is 20.8 Å². The minimum atomic E-state index is -0.678. The minimum Gasteiger partial charge on any atom is -0.317 e. The van der Waals surface area contributed by atoms with Crippen LogP contribution < -0.4 is 0 Å². The quantitative estimate of drug-likeness (QED) is 0.609. The Morgan fingerprint density at radius 3 is 2.58 bits per heavy atom. The van der Waals surface area contributed by atoms with Crippen LogP contribution >= 0.6 is 22.6 Å². The fourth-order valence-corrected chi connectivity index (χ4v) is 4.50. The van der Waals surface area contributed by atoms with Crippen molar-refractivity contribution in [1.29, 1.82) is 0 Å². The fraction of sp³-hybridized carbons (Fsp3) is 0.500. The maximum Gasteiger partial charge on any atom is 0.261 e. The van der Waals surface area contributed by atoms with E-state index >= 15 is 0 Å². The van der Waals surface area contributed by atoms with E-state index in [9.17, 15) is 14.4 Å². The van der Waals surface area contributed by atoms with Crippen LogP contribution in [0.3, 0.4) is 0 Å². The summed E-state index contributed by atoms with van der Waals surface area (Å²) in [4.78, 5) is 38.3. The minimum absolute atomic E-state index is 0.00111. The van der Waals surface area contributed by atoms with Crippen LogP contribution in [0.25, 0.3) is 0 Å². The molecule has 0 aromatic heterocycles. The van der Waals surface area contributed by atoms with Crippen molar-refractivity contribution in [1.82, 2.24) is 4.90 Å². The van der Waals surface area contributed by atoms with E-state index in [2.05, 4.69) is 0 Å². The Balaban J connectivity index is 2.31. The van der Waals surface area contributed by atoms with E-state index in [-0.39, 0.29) is 29.9 Å². The Kier molecular flexibility index (Phi) is 2.59. The Morgan fingerprint density at radius 2 is 1.95 bits per heavy atom. The van der Waals surface area contributed by atoms with Gasteiger partial charge in [0.15, 0.2) is 11.6 Å². The van der Waals surface area contributed by atoms with Crippen LogP contribution in [-0.2, 0) is 14.4 Å². The number of carbonyl (C=O) groups is 3. The molecule has 4 nitrogen and oxygen atoms in total. The number of allylic oxidation sites excluding steroid dienone is 1. The van der Waals surface area contributed by atoms with Crippen LogP contribution in [0.4, 0.5) is 0 Å². The third-order valence-electron chi connectivity index (χ3n) is 4.68. The highest BCUT2D eigenvalue weighted by atomic mass is 127. The first-order chi connectivity index (χ1) is 8.82. The average molecular weight is 371 g/mol. The zero-order chi connectivity index (χ0) is 14.1. The molecule has 100 valence electrons. The van der Waals surface area contributed by atoms with Gasteiger partial charge in [-0.05, 0) is 53.7 Å².